The molecular formula is C20H24N6. The maximum atomic E-state index is 6.19. The maximum absolute atomic E-state index is 6.19. The maximum Gasteiger partial charge on any atom is 0.238 e. The van der Waals surface area contributed by atoms with Crippen LogP contribution in [0.15, 0.2) is 42.6 Å². The van der Waals surface area contributed by atoms with E-state index >= 15 is 0 Å². The Labute approximate surface area is 153 Å². The molecular weight excluding hydrogens is 324 g/mol. The standard InChI is InChI=1S/C20H24N6/c1-14-3-5-17(18(21)11-14)15-4-6-19-16(12-15)13-22-20(23-19)24-26-9-7-25(2)8-10-26/h3-6,11-13H,7-10,21H2,1-2H3,(H,22,23,24). The van der Waals surface area contributed by atoms with Crippen LogP contribution in [-0.2, 0) is 0 Å². The highest BCUT2D eigenvalue weighted by atomic mass is 15.5. The van der Waals surface area contributed by atoms with Gasteiger partial charge in [-0.15, -0.1) is 0 Å². The van der Waals surface area contributed by atoms with Crippen molar-refractivity contribution >= 4 is 22.5 Å². The Morgan fingerprint density at radius 3 is 2.62 bits per heavy atom. The van der Waals surface area contributed by atoms with E-state index in [1.165, 1.54) is 0 Å². The lowest BCUT2D eigenvalue weighted by Crippen LogP contribution is -2.47. The Morgan fingerprint density at radius 2 is 1.85 bits per heavy atom. The summed E-state index contributed by atoms with van der Waals surface area (Å²) in [5, 5.41) is 3.18. The van der Waals surface area contributed by atoms with Gasteiger partial charge >= 0.3 is 0 Å². The van der Waals surface area contributed by atoms with Crippen LogP contribution < -0.4 is 11.2 Å². The number of likely N-dealkylation sites (N-methyl/N-ethyl adjacent to an activating group) is 1. The zero-order valence-electron chi connectivity index (χ0n) is 15.2. The fourth-order valence-corrected chi connectivity index (χ4v) is 3.26. The summed E-state index contributed by atoms with van der Waals surface area (Å²) in [5.74, 6) is 0.643. The number of aromatic nitrogens is 2. The van der Waals surface area contributed by atoms with Crippen LogP contribution in [0.1, 0.15) is 5.56 Å². The molecule has 2 heterocycles. The molecule has 0 bridgehead atoms. The van der Waals surface area contributed by atoms with E-state index in [1.807, 2.05) is 25.3 Å². The van der Waals surface area contributed by atoms with Crippen molar-refractivity contribution in [2.75, 3.05) is 44.4 Å². The van der Waals surface area contributed by atoms with Crippen molar-refractivity contribution in [1.29, 1.82) is 0 Å². The molecule has 0 saturated carbocycles. The molecule has 1 aliphatic heterocycles. The number of benzene rings is 2. The summed E-state index contributed by atoms with van der Waals surface area (Å²) in [5.41, 5.74) is 14.5. The van der Waals surface area contributed by atoms with Crippen molar-refractivity contribution in [3.8, 4) is 11.1 Å². The Balaban J connectivity index is 1.58. The minimum atomic E-state index is 0.643. The SMILES string of the molecule is Cc1ccc(-c2ccc3nc(NN4CCN(C)CC4)ncc3c2)c(N)c1. The van der Waals surface area contributed by atoms with Gasteiger partial charge in [0.2, 0.25) is 5.95 Å². The fraction of sp³-hybridized carbons (Fsp3) is 0.300. The van der Waals surface area contributed by atoms with Crippen molar-refractivity contribution in [3.63, 3.8) is 0 Å². The highest BCUT2D eigenvalue weighted by Crippen LogP contribution is 2.29. The number of rotatable bonds is 3. The molecule has 1 aromatic heterocycles. The van der Waals surface area contributed by atoms with Crippen LogP contribution in [0.5, 0.6) is 0 Å². The van der Waals surface area contributed by atoms with Crippen LogP contribution in [0.3, 0.4) is 0 Å². The molecule has 0 aliphatic carbocycles. The highest BCUT2D eigenvalue weighted by molar-refractivity contribution is 5.87. The topological polar surface area (TPSA) is 70.3 Å². The lowest BCUT2D eigenvalue weighted by atomic mass is 10.0. The predicted octanol–water partition coefficient (Wildman–Crippen LogP) is 2.76. The van der Waals surface area contributed by atoms with Gasteiger partial charge in [0.1, 0.15) is 0 Å². The first-order valence-electron chi connectivity index (χ1n) is 8.92. The Morgan fingerprint density at radius 1 is 1.04 bits per heavy atom. The average Bonchev–Trinajstić information content (AvgIpc) is 2.63. The fourth-order valence-electron chi connectivity index (χ4n) is 3.26. The lowest BCUT2D eigenvalue weighted by molar-refractivity contribution is 0.178. The van der Waals surface area contributed by atoms with E-state index in [0.29, 0.717) is 5.95 Å². The molecule has 3 aromatic rings. The normalized spacial score (nSPS) is 16.1. The third kappa shape index (κ3) is 3.47. The van der Waals surface area contributed by atoms with E-state index in [4.69, 9.17) is 5.73 Å². The van der Waals surface area contributed by atoms with Crippen LogP contribution >= 0.6 is 0 Å². The molecule has 1 aliphatic rings. The number of hydrogen-bond donors (Lipinski definition) is 2. The third-order valence-electron chi connectivity index (χ3n) is 4.86. The van der Waals surface area contributed by atoms with E-state index in [2.05, 4.69) is 56.6 Å². The summed E-state index contributed by atoms with van der Waals surface area (Å²) in [6.45, 7) is 6.06. The summed E-state index contributed by atoms with van der Waals surface area (Å²) >= 11 is 0. The van der Waals surface area contributed by atoms with E-state index < -0.39 is 0 Å². The second kappa shape index (κ2) is 6.90. The number of nitrogens with two attached hydrogens (primary N) is 1. The smallest absolute Gasteiger partial charge is 0.238 e. The predicted molar refractivity (Wildman–Crippen MR) is 107 cm³/mol. The minimum absolute atomic E-state index is 0.643. The van der Waals surface area contributed by atoms with Gasteiger partial charge in [0, 0.05) is 49.0 Å². The summed E-state index contributed by atoms with van der Waals surface area (Å²) in [6.07, 6.45) is 1.87. The van der Waals surface area contributed by atoms with E-state index in [9.17, 15) is 0 Å². The van der Waals surface area contributed by atoms with Gasteiger partial charge < -0.3 is 10.6 Å². The molecule has 2 aromatic carbocycles. The molecule has 0 spiro atoms. The van der Waals surface area contributed by atoms with Gasteiger partial charge in [0.25, 0.3) is 0 Å². The van der Waals surface area contributed by atoms with Crippen LogP contribution in [0, 0.1) is 6.92 Å². The second-order valence-electron chi connectivity index (χ2n) is 6.96. The van der Waals surface area contributed by atoms with Crippen molar-refractivity contribution < 1.29 is 0 Å². The number of nitrogens with zero attached hydrogens (tertiary/aromatic N) is 4. The van der Waals surface area contributed by atoms with Crippen molar-refractivity contribution in [2.24, 2.45) is 0 Å². The zero-order valence-corrected chi connectivity index (χ0v) is 15.2. The number of nitrogens with one attached hydrogen (secondary N) is 1. The number of hydrazine groups is 1. The molecule has 26 heavy (non-hydrogen) atoms. The summed E-state index contributed by atoms with van der Waals surface area (Å²) in [6, 6.07) is 12.3. The molecule has 1 saturated heterocycles. The largest absolute Gasteiger partial charge is 0.398 e. The van der Waals surface area contributed by atoms with Gasteiger partial charge in [-0.3, -0.25) is 5.43 Å². The molecule has 134 valence electrons. The van der Waals surface area contributed by atoms with E-state index in [1.54, 1.807) is 0 Å². The van der Waals surface area contributed by atoms with Gasteiger partial charge in [-0.2, -0.15) is 0 Å². The van der Waals surface area contributed by atoms with Gasteiger partial charge in [0.05, 0.1) is 5.52 Å². The molecule has 1 fully saturated rings. The zero-order chi connectivity index (χ0) is 18.1. The van der Waals surface area contributed by atoms with Crippen LogP contribution in [-0.4, -0.2) is 53.1 Å². The molecule has 0 radical (unpaired) electrons. The van der Waals surface area contributed by atoms with Gasteiger partial charge in [-0.25, -0.2) is 15.0 Å². The quantitative estimate of drug-likeness (QED) is 0.709. The Hall–Kier alpha value is -2.70. The molecule has 3 N–H and O–H groups in total. The van der Waals surface area contributed by atoms with Gasteiger partial charge in [-0.05, 0) is 43.3 Å². The first-order valence-corrected chi connectivity index (χ1v) is 8.92. The summed E-state index contributed by atoms with van der Waals surface area (Å²) in [4.78, 5) is 11.5. The molecule has 6 nitrogen and oxygen atoms in total. The van der Waals surface area contributed by atoms with Gasteiger partial charge in [-0.1, -0.05) is 18.2 Å². The molecule has 6 heteroatoms. The van der Waals surface area contributed by atoms with Crippen molar-refractivity contribution in [3.05, 3.63) is 48.2 Å². The minimum Gasteiger partial charge on any atom is -0.398 e. The Kier molecular flexibility index (Phi) is 4.44. The van der Waals surface area contributed by atoms with Crippen LogP contribution in [0.2, 0.25) is 0 Å². The lowest BCUT2D eigenvalue weighted by Gasteiger charge is -2.32. The molecule has 0 amide bonds. The molecule has 0 unspecified atom stereocenters. The number of anilines is 2. The number of hydrogen-bond acceptors (Lipinski definition) is 6. The number of aryl methyl sites for hydroxylation is 1. The van der Waals surface area contributed by atoms with E-state index in [0.717, 1.165) is 59.5 Å². The first kappa shape index (κ1) is 16.8. The first-order chi connectivity index (χ1) is 12.6. The average molecular weight is 348 g/mol. The van der Waals surface area contributed by atoms with Crippen LogP contribution in [0.25, 0.3) is 22.0 Å². The second-order valence-corrected chi connectivity index (χ2v) is 6.96. The third-order valence-corrected chi connectivity index (χ3v) is 4.86. The monoisotopic (exact) mass is 348 g/mol. The Bertz CT molecular complexity index is 931. The highest BCUT2D eigenvalue weighted by Gasteiger charge is 2.14. The number of piperazine rings is 1. The van der Waals surface area contributed by atoms with Crippen molar-refractivity contribution in [2.45, 2.75) is 6.92 Å². The van der Waals surface area contributed by atoms with Crippen molar-refractivity contribution in [1.82, 2.24) is 19.9 Å². The number of nitrogen functional groups attached to an aromatic ring is 1. The molecule has 0 atom stereocenters. The summed E-state index contributed by atoms with van der Waals surface area (Å²) < 4.78 is 0. The van der Waals surface area contributed by atoms with Crippen LogP contribution in [0.4, 0.5) is 11.6 Å². The molecule has 4 rings (SSSR count). The van der Waals surface area contributed by atoms with E-state index in [-0.39, 0.29) is 0 Å². The number of fused-ring (bicyclic) bond motifs is 1. The van der Waals surface area contributed by atoms with Gasteiger partial charge in [0.15, 0.2) is 0 Å². The summed E-state index contributed by atoms with van der Waals surface area (Å²) in [7, 11) is 2.14.